The molecule has 0 aromatic rings. The van der Waals surface area contributed by atoms with Crippen LogP contribution in [0.25, 0.3) is 0 Å². The standard InChI is InChI=1S/C9H17O/c1-2-9(10)7-8-5-3-4-6-8/h8-9H,2-7H2,1H3. The molecular weight excluding hydrogens is 124 g/mol. The van der Waals surface area contributed by atoms with Gasteiger partial charge in [-0.2, -0.15) is 0 Å². The Kier molecular flexibility index (Phi) is 3.20. The molecule has 1 rings (SSSR count). The van der Waals surface area contributed by atoms with Crippen molar-refractivity contribution in [3.05, 3.63) is 0 Å². The lowest BCUT2D eigenvalue weighted by atomic mass is 9.99. The zero-order valence-corrected chi connectivity index (χ0v) is 6.81. The molecule has 1 aliphatic rings. The Hall–Kier alpha value is -0.0400. The van der Waals surface area contributed by atoms with Crippen LogP contribution >= 0.6 is 0 Å². The molecule has 59 valence electrons. The maximum absolute atomic E-state index is 11.1. The monoisotopic (exact) mass is 141 g/mol. The van der Waals surface area contributed by atoms with E-state index in [9.17, 15) is 5.11 Å². The second-order valence-corrected chi connectivity index (χ2v) is 3.42. The molecule has 0 bridgehead atoms. The summed E-state index contributed by atoms with van der Waals surface area (Å²) in [7, 11) is 0. The average Bonchev–Trinajstić information content (AvgIpc) is 2.40. The number of rotatable bonds is 3. The third kappa shape index (κ3) is 2.30. The fourth-order valence-corrected chi connectivity index (χ4v) is 1.78. The van der Waals surface area contributed by atoms with Crippen molar-refractivity contribution < 1.29 is 5.11 Å². The van der Waals surface area contributed by atoms with E-state index in [0.717, 1.165) is 18.8 Å². The van der Waals surface area contributed by atoms with Gasteiger partial charge in [-0.25, -0.2) is 5.11 Å². The summed E-state index contributed by atoms with van der Waals surface area (Å²) in [5, 5.41) is 11.1. The molecule has 1 heteroatoms. The van der Waals surface area contributed by atoms with Gasteiger partial charge in [-0.05, 0) is 18.8 Å². The highest BCUT2D eigenvalue weighted by Gasteiger charge is 2.18. The summed E-state index contributed by atoms with van der Waals surface area (Å²) >= 11 is 0. The molecule has 1 nitrogen and oxygen atoms in total. The van der Waals surface area contributed by atoms with E-state index in [0.29, 0.717) is 0 Å². The van der Waals surface area contributed by atoms with Gasteiger partial charge in [0, 0.05) is 0 Å². The van der Waals surface area contributed by atoms with Gasteiger partial charge in [0.05, 0.1) is 6.10 Å². The molecule has 10 heavy (non-hydrogen) atoms. The van der Waals surface area contributed by atoms with E-state index in [-0.39, 0.29) is 6.10 Å². The molecule has 1 fully saturated rings. The molecule has 1 saturated carbocycles. The molecule has 1 unspecified atom stereocenters. The second kappa shape index (κ2) is 3.97. The van der Waals surface area contributed by atoms with Crippen LogP contribution in [0.5, 0.6) is 0 Å². The second-order valence-electron chi connectivity index (χ2n) is 3.42. The van der Waals surface area contributed by atoms with E-state index in [2.05, 4.69) is 0 Å². The quantitative estimate of drug-likeness (QED) is 0.576. The number of hydrogen-bond donors (Lipinski definition) is 0. The smallest absolute Gasteiger partial charge is 0.0930 e. The highest BCUT2D eigenvalue weighted by atomic mass is 16.3. The highest BCUT2D eigenvalue weighted by molar-refractivity contribution is 4.69. The van der Waals surface area contributed by atoms with Crippen LogP contribution in [0.3, 0.4) is 0 Å². The van der Waals surface area contributed by atoms with Crippen molar-refractivity contribution in [2.45, 2.75) is 51.6 Å². The van der Waals surface area contributed by atoms with Gasteiger partial charge in [0.1, 0.15) is 0 Å². The Morgan fingerprint density at radius 2 is 2.00 bits per heavy atom. The van der Waals surface area contributed by atoms with Crippen LogP contribution in [-0.2, 0) is 5.11 Å². The molecule has 1 radical (unpaired) electrons. The van der Waals surface area contributed by atoms with E-state index in [1.165, 1.54) is 25.7 Å². The Bertz CT molecular complexity index is 84.7. The molecule has 0 N–H and O–H groups in total. The SMILES string of the molecule is CCC([O])CC1CCCC1. The van der Waals surface area contributed by atoms with Crippen molar-refractivity contribution in [3.63, 3.8) is 0 Å². The van der Waals surface area contributed by atoms with E-state index < -0.39 is 0 Å². The predicted molar refractivity (Wildman–Crippen MR) is 41.3 cm³/mol. The van der Waals surface area contributed by atoms with E-state index >= 15 is 0 Å². The van der Waals surface area contributed by atoms with Crippen molar-refractivity contribution in [1.82, 2.24) is 0 Å². The van der Waals surface area contributed by atoms with Crippen LogP contribution in [0.4, 0.5) is 0 Å². The van der Waals surface area contributed by atoms with Crippen LogP contribution < -0.4 is 0 Å². The molecule has 0 saturated heterocycles. The van der Waals surface area contributed by atoms with Gasteiger partial charge in [0.2, 0.25) is 0 Å². The third-order valence-electron chi connectivity index (χ3n) is 2.53. The van der Waals surface area contributed by atoms with Gasteiger partial charge in [-0.1, -0.05) is 32.6 Å². The molecule has 0 aliphatic heterocycles. The Balaban J connectivity index is 2.11. The Morgan fingerprint density at radius 3 is 2.50 bits per heavy atom. The van der Waals surface area contributed by atoms with Crippen LogP contribution in [0.15, 0.2) is 0 Å². The fraction of sp³-hybridized carbons (Fsp3) is 1.00. The fourth-order valence-electron chi connectivity index (χ4n) is 1.78. The van der Waals surface area contributed by atoms with Crippen LogP contribution in [0.1, 0.15) is 45.4 Å². The van der Waals surface area contributed by atoms with Crippen molar-refractivity contribution in [1.29, 1.82) is 0 Å². The topological polar surface area (TPSA) is 19.9 Å². The van der Waals surface area contributed by atoms with Crippen LogP contribution in [0.2, 0.25) is 0 Å². The Morgan fingerprint density at radius 1 is 1.40 bits per heavy atom. The summed E-state index contributed by atoms with van der Waals surface area (Å²) in [4.78, 5) is 0. The molecule has 0 aromatic heterocycles. The summed E-state index contributed by atoms with van der Waals surface area (Å²) in [6.45, 7) is 1.99. The van der Waals surface area contributed by atoms with Crippen LogP contribution in [0, 0.1) is 5.92 Å². The molecule has 0 aromatic carbocycles. The maximum Gasteiger partial charge on any atom is 0.0930 e. The van der Waals surface area contributed by atoms with E-state index in [1.54, 1.807) is 0 Å². The zero-order chi connectivity index (χ0) is 7.40. The highest BCUT2D eigenvalue weighted by Crippen LogP contribution is 2.29. The van der Waals surface area contributed by atoms with Crippen LogP contribution in [-0.4, -0.2) is 6.10 Å². The minimum Gasteiger partial charge on any atom is -0.233 e. The first-order chi connectivity index (χ1) is 4.83. The Labute approximate surface area is 63.4 Å². The lowest BCUT2D eigenvalue weighted by Gasteiger charge is -2.10. The molecular formula is C9H17O. The molecule has 0 spiro atoms. The molecule has 0 amide bonds. The summed E-state index contributed by atoms with van der Waals surface area (Å²) in [6.07, 6.45) is 6.84. The minimum absolute atomic E-state index is 0.275. The summed E-state index contributed by atoms with van der Waals surface area (Å²) < 4.78 is 0. The van der Waals surface area contributed by atoms with Crippen molar-refractivity contribution in [3.8, 4) is 0 Å². The molecule has 1 aliphatic carbocycles. The number of hydrogen-bond acceptors (Lipinski definition) is 0. The minimum atomic E-state index is -0.275. The first-order valence-electron chi connectivity index (χ1n) is 4.48. The first kappa shape index (κ1) is 8.06. The molecule has 0 heterocycles. The summed E-state index contributed by atoms with van der Waals surface area (Å²) in [5.41, 5.74) is 0. The van der Waals surface area contributed by atoms with Gasteiger partial charge >= 0.3 is 0 Å². The molecule has 1 atom stereocenters. The van der Waals surface area contributed by atoms with Crippen molar-refractivity contribution in [2.24, 2.45) is 5.92 Å². The third-order valence-corrected chi connectivity index (χ3v) is 2.53. The lowest BCUT2D eigenvalue weighted by molar-refractivity contribution is 0.0635. The average molecular weight is 141 g/mol. The zero-order valence-electron chi connectivity index (χ0n) is 6.81. The van der Waals surface area contributed by atoms with Crippen molar-refractivity contribution >= 4 is 0 Å². The first-order valence-corrected chi connectivity index (χ1v) is 4.48. The van der Waals surface area contributed by atoms with Gasteiger partial charge in [-0.15, -0.1) is 0 Å². The van der Waals surface area contributed by atoms with E-state index in [1.807, 2.05) is 6.92 Å². The lowest BCUT2D eigenvalue weighted by Crippen LogP contribution is -2.08. The summed E-state index contributed by atoms with van der Waals surface area (Å²) in [6, 6.07) is 0. The summed E-state index contributed by atoms with van der Waals surface area (Å²) in [5.74, 6) is 0.780. The normalized spacial score (nSPS) is 23.4. The van der Waals surface area contributed by atoms with Gasteiger partial charge in [-0.3, -0.25) is 0 Å². The van der Waals surface area contributed by atoms with E-state index in [4.69, 9.17) is 0 Å². The van der Waals surface area contributed by atoms with Gasteiger partial charge < -0.3 is 0 Å². The predicted octanol–water partition coefficient (Wildman–Crippen LogP) is 2.78. The maximum atomic E-state index is 11.1. The van der Waals surface area contributed by atoms with Gasteiger partial charge in [0.15, 0.2) is 0 Å². The van der Waals surface area contributed by atoms with Gasteiger partial charge in [0.25, 0.3) is 0 Å². The largest absolute Gasteiger partial charge is 0.233 e. The van der Waals surface area contributed by atoms with Crippen molar-refractivity contribution in [2.75, 3.05) is 0 Å².